The molecule has 0 radical (unpaired) electrons. The zero-order chi connectivity index (χ0) is 23.3. The van der Waals surface area contributed by atoms with Crippen molar-refractivity contribution >= 4 is 34.3 Å². The molecule has 0 aliphatic carbocycles. The minimum absolute atomic E-state index is 0.265. The SMILES string of the molecule is CCOC(=O)c1c(-c2ccc(C)c(C)c2)csc1NC(=O)/C=C/c1ccc(C(C)C)cc1. The number of nitrogens with one attached hydrogen (secondary N) is 1. The van der Waals surface area contributed by atoms with Gasteiger partial charge in [0.1, 0.15) is 10.6 Å². The Balaban J connectivity index is 1.85. The fraction of sp³-hybridized carbons (Fsp3) is 0.259. The summed E-state index contributed by atoms with van der Waals surface area (Å²) in [4.78, 5) is 25.3. The third-order valence-corrected chi connectivity index (χ3v) is 6.25. The maximum atomic E-state index is 12.7. The van der Waals surface area contributed by atoms with Gasteiger partial charge in [-0.25, -0.2) is 4.79 Å². The summed E-state index contributed by atoms with van der Waals surface area (Å²) in [7, 11) is 0. The van der Waals surface area contributed by atoms with Gasteiger partial charge in [-0.1, -0.05) is 56.3 Å². The smallest absolute Gasteiger partial charge is 0.341 e. The van der Waals surface area contributed by atoms with Crippen molar-refractivity contribution < 1.29 is 14.3 Å². The minimum Gasteiger partial charge on any atom is -0.462 e. The van der Waals surface area contributed by atoms with Crippen LogP contribution in [0, 0.1) is 13.8 Å². The van der Waals surface area contributed by atoms with Crippen molar-refractivity contribution in [2.24, 2.45) is 0 Å². The summed E-state index contributed by atoms with van der Waals surface area (Å²) in [6.07, 6.45) is 3.25. The van der Waals surface area contributed by atoms with Gasteiger partial charge >= 0.3 is 5.97 Å². The van der Waals surface area contributed by atoms with E-state index in [1.54, 1.807) is 13.0 Å². The van der Waals surface area contributed by atoms with E-state index in [-0.39, 0.29) is 12.5 Å². The van der Waals surface area contributed by atoms with Crippen molar-refractivity contribution in [1.82, 2.24) is 0 Å². The first-order valence-corrected chi connectivity index (χ1v) is 11.6. The number of esters is 1. The van der Waals surface area contributed by atoms with Gasteiger partial charge in [0.15, 0.2) is 0 Å². The molecule has 0 aliphatic heterocycles. The predicted octanol–water partition coefficient (Wildman–Crippen LogP) is 6.98. The minimum atomic E-state index is -0.439. The van der Waals surface area contributed by atoms with Crippen LogP contribution >= 0.6 is 11.3 Å². The highest BCUT2D eigenvalue weighted by Gasteiger charge is 2.22. The van der Waals surface area contributed by atoms with Crippen LogP contribution in [-0.4, -0.2) is 18.5 Å². The molecule has 0 saturated heterocycles. The summed E-state index contributed by atoms with van der Waals surface area (Å²) in [6, 6.07) is 14.2. The number of carbonyl (C=O) groups excluding carboxylic acids is 2. The van der Waals surface area contributed by atoms with Gasteiger partial charge in [0.05, 0.1) is 6.61 Å². The Hall–Kier alpha value is -3.18. The third kappa shape index (κ3) is 5.54. The highest BCUT2D eigenvalue weighted by Crippen LogP contribution is 2.37. The van der Waals surface area contributed by atoms with E-state index < -0.39 is 5.97 Å². The normalized spacial score (nSPS) is 11.2. The average molecular weight is 448 g/mol. The second-order valence-electron chi connectivity index (χ2n) is 8.02. The van der Waals surface area contributed by atoms with Crippen LogP contribution in [0.2, 0.25) is 0 Å². The number of amides is 1. The maximum absolute atomic E-state index is 12.7. The maximum Gasteiger partial charge on any atom is 0.341 e. The van der Waals surface area contributed by atoms with Gasteiger partial charge in [0.25, 0.3) is 0 Å². The molecular formula is C27H29NO3S. The van der Waals surface area contributed by atoms with Gasteiger partial charge in [-0.3, -0.25) is 4.79 Å². The largest absolute Gasteiger partial charge is 0.462 e. The van der Waals surface area contributed by atoms with E-state index in [0.29, 0.717) is 16.5 Å². The number of hydrogen-bond acceptors (Lipinski definition) is 4. The zero-order valence-corrected chi connectivity index (χ0v) is 20.0. The van der Waals surface area contributed by atoms with E-state index in [9.17, 15) is 9.59 Å². The first-order valence-electron chi connectivity index (χ1n) is 10.8. The molecule has 32 heavy (non-hydrogen) atoms. The number of hydrogen-bond donors (Lipinski definition) is 1. The lowest BCUT2D eigenvalue weighted by Crippen LogP contribution is -2.12. The Morgan fingerprint density at radius 3 is 2.41 bits per heavy atom. The van der Waals surface area contributed by atoms with E-state index in [1.807, 2.05) is 49.6 Å². The second-order valence-corrected chi connectivity index (χ2v) is 8.90. The summed E-state index contributed by atoms with van der Waals surface area (Å²) < 4.78 is 5.28. The highest BCUT2D eigenvalue weighted by molar-refractivity contribution is 7.15. The van der Waals surface area contributed by atoms with E-state index >= 15 is 0 Å². The van der Waals surface area contributed by atoms with E-state index in [0.717, 1.165) is 22.3 Å². The Bertz CT molecular complexity index is 1140. The van der Waals surface area contributed by atoms with E-state index in [1.165, 1.54) is 28.5 Å². The van der Waals surface area contributed by atoms with Gasteiger partial charge < -0.3 is 10.1 Å². The van der Waals surface area contributed by atoms with Crippen molar-refractivity contribution in [2.45, 2.75) is 40.5 Å². The van der Waals surface area contributed by atoms with Crippen molar-refractivity contribution in [3.63, 3.8) is 0 Å². The number of carbonyl (C=O) groups is 2. The molecule has 1 aromatic heterocycles. The molecule has 166 valence electrons. The second kappa shape index (κ2) is 10.4. The average Bonchev–Trinajstić information content (AvgIpc) is 3.18. The monoisotopic (exact) mass is 447 g/mol. The van der Waals surface area contributed by atoms with Crippen LogP contribution in [-0.2, 0) is 9.53 Å². The molecule has 0 spiro atoms. The van der Waals surface area contributed by atoms with Crippen molar-refractivity contribution in [3.05, 3.63) is 81.7 Å². The lowest BCUT2D eigenvalue weighted by Gasteiger charge is -2.09. The Morgan fingerprint density at radius 1 is 1.06 bits per heavy atom. The topological polar surface area (TPSA) is 55.4 Å². The lowest BCUT2D eigenvalue weighted by atomic mass is 9.99. The number of benzene rings is 2. The first-order chi connectivity index (χ1) is 15.3. The molecule has 0 fully saturated rings. The van der Waals surface area contributed by atoms with E-state index in [4.69, 9.17) is 4.74 Å². The molecule has 2 aromatic carbocycles. The van der Waals surface area contributed by atoms with Crippen molar-refractivity contribution in [1.29, 1.82) is 0 Å². The Kier molecular flexibility index (Phi) is 7.65. The molecule has 1 N–H and O–H groups in total. The molecule has 0 aliphatic rings. The van der Waals surface area contributed by atoms with E-state index in [2.05, 4.69) is 31.3 Å². The summed E-state index contributed by atoms with van der Waals surface area (Å²) in [6.45, 7) is 10.4. The fourth-order valence-electron chi connectivity index (χ4n) is 3.29. The molecule has 0 atom stereocenters. The molecule has 4 nitrogen and oxygen atoms in total. The predicted molar refractivity (Wildman–Crippen MR) is 133 cm³/mol. The van der Waals surface area contributed by atoms with Crippen LogP contribution in [0.5, 0.6) is 0 Å². The van der Waals surface area contributed by atoms with Gasteiger partial charge in [0.2, 0.25) is 5.91 Å². The first kappa shape index (κ1) is 23.5. The number of rotatable bonds is 7. The molecule has 3 aromatic rings. The van der Waals surface area contributed by atoms with Crippen LogP contribution in [0.15, 0.2) is 53.9 Å². The Morgan fingerprint density at radius 2 is 1.78 bits per heavy atom. The van der Waals surface area contributed by atoms with Crippen LogP contribution in [0.4, 0.5) is 5.00 Å². The molecule has 3 rings (SSSR count). The molecule has 0 bridgehead atoms. The van der Waals surface area contributed by atoms with Crippen LogP contribution in [0.1, 0.15) is 59.3 Å². The van der Waals surface area contributed by atoms with Crippen LogP contribution in [0.3, 0.4) is 0 Å². The van der Waals surface area contributed by atoms with Gasteiger partial charge in [-0.05, 0) is 60.6 Å². The molecule has 0 saturated carbocycles. The van der Waals surface area contributed by atoms with Gasteiger partial charge in [-0.15, -0.1) is 11.3 Å². The van der Waals surface area contributed by atoms with Crippen molar-refractivity contribution in [2.75, 3.05) is 11.9 Å². The molecule has 1 amide bonds. The number of thiophene rings is 1. The molecule has 5 heteroatoms. The number of ether oxygens (including phenoxy) is 1. The van der Waals surface area contributed by atoms with Gasteiger partial charge in [0, 0.05) is 17.0 Å². The van der Waals surface area contributed by atoms with Crippen molar-refractivity contribution in [3.8, 4) is 11.1 Å². The van der Waals surface area contributed by atoms with Gasteiger partial charge in [-0.2, -0.15) is 0 Å². The quantitative estimate of drug-likeness (QED) is 0.314. The standard InChI is InChI=1S/C27H29NO3S/c1-6-31-27(30)25-23(22-11-7-18(4)19(5)15-22)16-32-26(25)28-24(29)14-10-20-8-12-21(13-9-20)17(2)3/h7-17H,6H2,1-5H3,(H,28,29)/b14-10+. The molecular weight excluding hydrogens is 418 g/mol. The van der Waals surface area contributed by atoms with Crippen LogP contribution < -0.4 is 5.32 Å². The lowest BCUT2D eigenvalue weighted by molar-refractivity contribution is -0.111. The summed E-state index contributed by atoms with van der Waals surface area (Å²) in [5.41, 5.74) is 6.60. The summed E-state index contributed by atoms with van der Waals surface area (Å²) >= 11 is 1.32. The number of aryl methyl sites for hydroxylation is 2. The van der Waals surface area contributed by atoms with Crippen LogP contribution in [0.25, 0.3) is 17.2 Å². The zero-order valence-electron chi connectivity index (χ0n) is 19.2. The molecule has 1 heterocycles. The number of anilines is 1. The highest BCUT2D eigenvalue weighted by atomic mass is 32.1. The molecule has 0 unspecified atom stereocenters. The third-order valence-electron chi connectivity index (χ3n) is 5.36. The Labute approximate surface area is 193 Å². The summed E-state index contributed by atoms with van der Waals surface area (Å²) in [5.74, 6) is -0.273. The fourth-order valence-corrected chi connectivity index (χ4v) is 4.26. The summed E-state index contributed by atoms with van der Waals surface area (Å²) in [5, 5.41) is 5.23.